The highest BCUT2D eigenvalue weighted by atomic mass is 32.2. The van der Waals surface area contributed by atoms with Gasteiger partial charge in [-0.3, -0.25) is 4.79 Å². The van der Waals surface area contributed by atoms with Gasteiger partial charge in [-0.1, -0.05) is 0 Å². The summed E-state index contributed by atoms with van der Waals surface area (Å²) < 4.78 is 31.8. The number of hydrogen-bond acceptors (Lipinski definition) is 6. The fourth-order valence-electron chi connectivity index (χ4n) is 3.17. The van der Waals surface area contributed by atoms with E-state index in [1.54, 1.807) is 17.0 Å². The molecule has 2 saturated heterocycles. The van der Waals surface area contributed by atoms with Gasteiger partial charge in [0.05, 0.1) is 24.2 Å². The van der Waals surface area contributed by atoms with Crippen molar-refractivity contribution in [3.8, 4) is 5.75 Å². The Kier molecular flexibility index (Phi) is 5.28. The van der Waals surface area contributed by atoms with Crippen LogP contribution in [0.15, 0.2) is 29.2 Å². The van der Waals surface area contributed by atoms with Gasteiger partial charge in [-0.05, 0) is 30.7 Å². The molecule has 2 heterocycles. The number of methoxy groups -OCH3 is 1. The molecule has 1 aromatic carbocycles. The monoisotopic (exact) mass is 369 g/mol. The van der Waals surface area contributed by atoms with Crippen molar-refractivity contribution in [1.82, 2.24) is 14.5 Å². The topological polar surface area (TPSA) is 99.2 Å². The van der Waals surface area contributed by atoms with Crippen LogP contribution in [-0.4, -0.2) is 80.6 Å². The minimum Gasteiger partial charge on any atom is -0.497 e. The Labute approximate surface area is 147 Å². The van der Waals surface area contributed by atoms with Gasteiger partial charge >= 0.3 is 0 Å². The zero-order chi connectivity index (χ0) is 18.0. The molecule has 2 aliphatic rings. The predicted octanol–water partition coefficient (Wildman–Crippen LogP) is -0.749. The largest absolute Gasteiger partial charge is 0.497 e. The number of aliphatic hydroxyl groups excluding tert-OH is 1. The SMILES string of the molecule is COc1ccc(S(=O)(=O)N2CCN(C(=O)C3CC(O)CN3)CC2)cc1. The Bertz CT molecular complexity index is 714. The van der Waals surface area contributed by atoms with Gasteiger partial charge in [0.15, 0.2) is 0 Å². The minimum atomic E-state index is -3.58. The number of amides is 1. The highest BCUT2D eigenvalue weighted by molar-refractivity contribution is 7.89. The van der Waals surface area contributed by atoms with Crippen molar-refractivity contribution in [2.45, 2.75) is 23.5 Å². The van der Waals surface area contributed by atoms with Crippen molar-refractivity contribution in [3.63, 3.8) is 0 Å². The third kappa shape index (κ3) is 3.79. The average Bonchev–Trinajstić information content (AvgIpc) is 3.07. The number of β-amino-alcohol motifs (C(OH)–C–C–N with tert-alkyl or cyclic N) is 1. The molecule has 2 N–H and O–H groups in total. The molecule has 2 fully saturated rings. The van der Waals surface area contributed by atoms with Gasteiger partial charge in [-0.25, -0.2) is 8.42 Å². The maximum atomic E-state index is 12.7. The van der Waals surface area contributed by atoms with E-state index in [0.29, 0.717) is 31.8 Å². The van der Waals surface area contributed by atoms with Crippen LogP contribution in [0.3, 0.4) is 0 Å². The number of carbonyl (C=O) groups is 1. The standard InChI is InChI=1S/C16H23N3O5S/c1-24-13-2-4-14(5-3-13)25(22,23)19-8-6-18(7-9-19)16(21)15-10-12(20)11-17-15/h2-5,12,15,17,20H,6-11H2,1H3. The quantitative estimate of drug-likeness (QED) is 0.725. The first-order valence-electron chi connectivity index (χ1n) is 8.26. The summed E-state index contributed by atoms with van der Waals surface area (Å²) in [6.07, 6.45) is -0.0888. The fraction of sp³-hybridized carbons (Fsp3) is 0.562. The summed E-state index contributed by atoms with van der Waals surface area (Å²) in [7, 11) is -2.05. The molecule has 2 aliphatic heterocycles. The molecule has 3 rings (SSSR count). The van der Waals surface area contributed by atoms with E-state index in [1.807, 2.05) is 0 Å². The lowest BCUT2D eigenvalue weighted by atomic mass is 10.1. The molecule has 9 heteroatoms. The first-order chi connectivity index (χ1) is 11.9. The van der Waals surface area contributed by atoms with Gasteiger partial charge in [-0.15, -0.1) is 0 Å². The van der Waals surface area contributed by atoms with E-state index in [9.17, 15) is 18.3 Å². The van der Waals surface area contributed by atoms with Crippen molar-refractivity contribution >= 4 is 15.9 Å². The third-order valence-electron chi connectivity index (χ3n) is 4.65. The molecule has 2 atom stereocenters. The van der Waals surface area contributed by atoms with Gasteiger partial charge in [0.25, 0.3) is 0 Å². The van der Waals surface area contributed by atoms with Crippen LogP contribution in [-0.2, 0) is 14.8 Å². The van der Waals surface area contributed by atoms with Crippen molar-refractivity contribution in [3.05, 3.63) is 24.3 Å². The summed E-state index contributed by atoms with van der Waals surface area (Å²) in [5, 5.41) is 12.5. The minimum absolute atomic E-state index is 0.0713. The molecule has 0 spiro atoms. The lowest BCUT2D eigenvalue weighted by Gasteiger charge is -2.35. The van der Waals surface area contributed by atoms with Crippen LogP contribution in [0.25, 0.3) is 0 Å². The van der Waals surface area contributed by atoms with Gasteiger partial charge < -0.3 is 20.1 Å². The van der Waals surface area contributed by atoms with Crippen LogP contribution in [0.2, 0.25) is 0 Å². The molecule has 138 valence electrons. The number of carbonyl (C=O) groups excluding carboxylic acids is 1. The number of nitrogens with one attached hydrogen (secondary N) is 1. The smallest absolute Gasteiger partial charge is 0.243 e. The highest BCUT2D eigenvalue weighted by Gasteiger charge is 2.35. The van der Waals surface area contributed by atoms with Gasteiger partial charge in [0.2, 0.25) is 15.9 Å². The van der Waals surface area contributed by atoms with E-state index >= 15 is 0 Å². The lowest BCUT2D eigenvalue weighted by Crippen LogP contribution is -2.54. The normalized spacial score (nSPS) is 25.1. The summed E-state index contributed by atoms with van der Waals surface area (Å²) >= 11 is 0. The summed E-state index contributed by atoms with van der Waals surface area (Å²) in [5.74, 6) is 0.527. The number of sulfonamides is 1. The Balaban J connectivity index is 1.61. The molecule has 0 aliphatic carbocycles. The van der Waals surface area contributed by atoms with Crippen molar-refractivity contribution in [2.75, 3.05) is 39.8 Å². The number of nitrogens with zero attached hydrogens (tertiary/aromatic N) is 2. The number of piperazine rings is 1. The van der Waals surface area contributed by atoms with Gasteiger partial charge in [0, 0.05) is 32.7 Å². The van der Waals surface area contributed by atoms with Crippen LogP contribution >= 0.6 is 0 Å². The van der Waals surface area contributed by atoms with E-state index in [4.69, 9.17) is 4.74 Å². The van der Waals surface area contributed by atoms with E-state index in [1.165, 1.54) is 23.5 Å². The summed E-state index contributed by atoms with van der Waals surface area (Å²) in [5.41, 5.74) is 0. The molecule has 1 aromatic rings. The molecular weight excluding hydrogens is 346 g/mol. The Morgan fingerprint density at radius 1 is 1.20 bits per heavy atom. The number of rotatable bonds is 4. The Hall–Kier alpha value is -1.68. The molecule has 1 amide bonds. The van der Waals surface area contributed by atoms with Crippen LogP contribution < -0.4 is 10.1 Å². The van der Waals surface area contributed by atoms with Gasteiger partial charge in [0.1, 0.15) is 5.75 Å². The number of hydrogen-bond donors (Lipinski definition) is 2. The van der Waals surface area contributed by atoms with E-state index < -0.39 is 16.1 Å². The fourth-order valence-corrected chi connectivity index (χ4v) is 4.59. The van der Waals surface area contributed by atoms with E-state index in [2.05, 4.69) is 5.32 Å². The summed E-state index contributed by atoms with van der Waals surface area (Å²) in [4.78, 5) is 14.3. The van der Waals surface area contributed by atoms with Crippen LogP contribution in [0.4, 0.5) is 0 Å². The summed E-state index contributed by atoms with van der Waals surface area (Å²) in [6.45, 7) is 1.64. The second-order valence-corrected chi connectivity index (χ2v) is 8.19. The zero-order valence-corrected chi connectivity index (χ0v) is 14.9. The molecule has 2 unspecified atom stereocenters. The second kappa shape index (κ2) is 7.28. The number of benzene rings is 1. The third-order valence-corrected chi connectivity index (χ3v) is 6.57. The molecular formula is C16H23N3O5S. The highest BCUT2D eigenvalue weighted by Crippen LogP contribution is 2.21. The first-order valence-corrected chi connectivity index (χ1v) is 9.70. The zero-order valence-electron chi connectivity index (χ0n) is 14.1. The average molecular weight is 369 g/mol. The van der Waals surface area contributed by atoms with Crippen molar-refractivity contribution in [1.29, 1.82) is 0 Å². The van der Waals surface area contributed by atoms with E-state index in [0.717, 1.165) is 0 Å². The Morgan fingerprint density at radius 2 is 1.84 bits per heavy atom. The number of ether oxygens (including phenoxy) is 1. The molecule has 25 heavy (non-hydrogen) atoms. The van der Waals surface area contributed by atoms with Crippen molar-refractivity contribution in [2.24, 2.45) is 0 Å². The second-order valence-electron chi connectivity index (χ2n) is 6.26. The molecule has 0 saturated carbocycles. The molecule has 0 bridgehead atoms. The molecule has 0 radical (unpaired) electrons. The van der Waals surface area contributed by atoms with E-state index in [-0.39, 0.29) is 29.9 Å². The predicted molar refractivity (Wildman–Crippen MR) is 90.7 cm³/mol. The maximum absolute atomic E-state index is 12.7. The first kappa shape index (κ1) is 18.1. The lowest BCUT2D eigenvalue weighted by molar-refractivity contribution is -0.134. The molecule has 8 nitrogen and oxygen atoms in total. The Morgan fingerprint density at radius 3 is 2.36 bits per heavy atom. The van der Waals surface area contributed by atoms with Crippen molar-refractivity contribution < 1.29 is 23.1 Å². The summed E-state index contributed by atoms with van der Waals surface area (Å²) in [6, 6.07) is 5.90. The van der Waals surface area contributed by atoms with Crippen LogP contribution in [0.5, 0.6) is 5.75 Å². The van der Waals surface area contributed by atoms with Gasteiger partial charge in [-0.2, -0.15) is 4.31 Å². The van der Waals surface area contributed by atoms with Crippen LogP contribution in [0.1, 0.15) is 6.42 Å². The number of aliphatic hydroxyl groups is 1. The van der Waals surface area contributed by atoms with Crippen LogP contribution in [0, 0.1) is 0 Å². The maximum Gasteiger partial charge on any atom is 0.243 e. The molecule has 0 aromatic heterocycles.